The van der Waals surface area contributed by atoms with Gasteiger partial charge >= 0.3 is 41.8 Å². The maximum absolute atomic E-state index is 12.9. The Balaban J connectivity index is 0.715. The molecule has 0 fully saturated rings. The van der Waals surface area contributed by atoms with Crippen molar-refractivity contribution >= 4 is 41.8 Å². The molecule has 460 valence electrons. The maximum atomic E-state index is 12.9. The summed E-state index contributed by atoms with van der Waals surface area (Å²) in [4.78, 5) is 85.6. The van der Waals surface area contributed by atoms with E-state index in [9.17, 15) is 38.7 Å². The summed E-state index contributed by atoms with van der Waals surface area (Å²) in [6.45, 7) is 6.45. The predicted octanol–water partition coefficient (Wildman–Crippen LogP) is 8.25. The fourth-order valence-corrected chi connectivity index (χ4v) is 7.42. The van der Waals surface area contributed by atoms with Gasteiger partial charge in [0.1, 0.15) is 62.6 Å². The zero-order valence-electron chi connectivity index (χ0n) is 47.8. The van der Waals surface area contributed by atoms with Gasteiger partial charge in [0.15, 0.2) is 0 Å². The topological polar surface area (TPSA) is 269 Å². The summed E-state index contributed by atoms with van der Waals surface area (Å²) in [5, 5.41) is 9.46. The van der Waals surface area contributed by atoms with Gasteiger partial charge < -0.3 is 71.4 Å². The molecule has 22 nitrogen and oxygen atoms in total. The third kappa shape index (κ3) is 25.8. The lowest BCUT2D eigenvalue weighted by Crippen LogP contribution is -2.17. The van der Waals surface area contributed by atoms with E-state index in [2.05, 4.69) is 6.58 Å². The van der Waals surface area contributed by atoms with E-state index in [1.807, 2.05) is 0 Å². The minimum atomic E-state index is -0.613. The van der Waals surface area contributed by atoms with Crippen LogP contribution in [0.2, 0.25) is 0 Å². The van der Waals surface area contributed by atoms with Crippen molar-refractivity contribution in [1.29, 1.82) is 0 Å². The molecule has 0 aromatic heterocycles. The molecule has 22 heteroatoms. The summed E-state index contributed by atoms with van der Waals surface area (Å²) in [5.74, 6) is -2.63. The van der Waals surface area contributed by atoms with Crippen molar-refractivity contribution in [3.63, 3.8) is 0 Å². The molecule has 0 unspecified atom stereocenters. The van der Waals surface area contributed by atoms with E-state index in [0.29, 0.717) is 48.0 Å². The molecule has 1 N–H and O–H groups in total. The summed E-state index contributed by atoms with van der Waals surface area (Å²) in [6.07, 6.45) is 0.764. The number of carbonyl (C=O) groups is 7. The number of benzene rings is 6. The molecule has 0 atom stereocenters. The van der Waals surface area contributed by atoms with Crippen LogP contribution in [0.3, 0.4) is 0 Å². The van der Waals surface area contributed by atoms with Crippen LogP contribution in [-0.2, 0) is 66.5 Å². The minimum absolute atomic E-state index is 0.00262. The van der Waals surface area contributed by atoms with E-state index in [-0.39, 0.29) is 129 Å². The van der Waals surface area contributed by atoms with E-state index in [0.717, 1.165) is 28.3 Å². The highest BCUT2D eigenvalue weighted by atomic mass is 16.6. The van der Waals surface area contributed by atoms with E-state index < -0.39 is 41.8 Å². The molecule has 6 aromatic carbocycles. The fraction of sp³-hybridized carbons (Fsp3) is 0.308. The molecule has 0 amide bonds. The number of aromatic hydroxyl groups is 1. The van der Waals surface area contributed by atoms with Crippen molar-refractivity contribution < 1.29 is 105 Å². The Kier molecular flexibility index (Phi) is 29.7. The third-order valence-corrected chi connectivity index (χ3v) is 11.9. The molecule has 6 aromatic rings. The zero-order chi connectivity index (χ0) is 61.7. The molecule has 6 rings (SSSR count). The minimum Gasteiger partial charge on any atom is -0.508 e. The first kappa shape index (κ1) is 66.8. The summed E-state index contributed by atoms with van der Waals surface area (Å²) in [5.41, 5.74) is 4.70. The van der Waals surface area contributed by atoms with Crippen LogP contribution in [0.1, 0.15) is 54.3 Å². The monoisotopic (exact) mass is 1200 g/mol. The van der Waals surface area contributed by atoms with Crippen LogP contribution in [0, 0.1) is 0 Å². The predicted molar refractivity (Wildman–Crippen MR) is 312 cm³/mol. The fourth-order valence-electron chi connectivity index (χ4n) is 7.42. The molecule has 0 aliphatic heterocycles. The highest BCUT2D eigenvalue weighted by molar-refractivity contribution is 5.93. The first-order valence-electron chi connectivity index (χ1n) is 27.7. The van der Waals surface area contributed by atoms with E-state index in [1.165, 1.54) is 24.3 Å². The SMILES string of the molecule is C=CC(=O)OCCOCCOCCOc1ccc(C(=O)Oc2ccc(C(=O)Oc3ccc(-c4ccc(C(=O)OCCOCCOCCOC(=O)CCC(=O)OCCOCCOCCOC(=O)c5ccc(-c6ccc(O)cc6)cc5)cc4)cc3)cc2)cc1. The molecular weight excluding hydrogens is 1130 g/mol. The standard InChI is InChI=1S/C65H68O22/c1-2-59(67)81-42-36-75-30-29-74-35-41-80-56-21-15-53(16-22-56)64(72)87-58-25-17-54(18-26-58)65(73)86-57-23-13-50(14-24-57)48-5-9-52(10-6-48)63(71)85-46-40-79-34-32-77-38-44-83-61(69)28-27-60(68)82-43-37-76-31-33-78-39-45-84-62(70)51-7-3-47(4-8-51)49-11-19-55(66)20-12-49/h2-26,66H,1,27-46H2. The molecule has 0 aliphatic rings. The van der Waals surface area contributed by atoms with Gasteiger partial charge in [-0.3, -0.25) is 9.59 Å². The average Bonchev–Trinajstić information content (AvgIpc) is 3.72. The van der Waals surface area contributed by atoms with Crippen LogP contribution < -0.4 is 14.2 Å². The van der Waals surface area contributed by atoms with Gasteiger partial charge in [-0.25, -0.2) is 24.0 Å². The summed E-state index contributed by atoms with van der Waals surface area (Å²) < 4.78 is 74.6. The Labute approximate surface area is 502 Å². The normalized spacial score (nSPS) is 10.8. The first-order valence-corrected chi connectivity index (χ1v) is 27.7. The highest BCUT2D eigenvalue weighted by Gasteiger charge is 2.15. The molecule has 0 spiro atoms. The number of carbonyl (C=O) groups excluding carboxylic acids is 7. The second-order valence-corrected chi connectivity index (χ2v) is 18.2. The Morgan fingerprint density at radius 1 is 0.310 bits per heavy atom. The Morgan fingerprint density at radius 2 is 0.586 bits per heavy atom. The van der Waals surface area contributed by atoms with Crippen molar-refractivity contribution in [2.45, 2.75) is 12.8 Å². The molecule has 0 bridgehead atoms. The van der Waals surface area contributed by atoms with Crippen LogP contribution in [0.4, 0.5) is 0 Å². The van der Waals surface area contributed by atoms with E-state index >= 15 is 0 Å². The van der Waals surface area contributed by atoms with Gasteiger partial charge in [0.2, 0.25) is 0 Å². The molecule has 0 heterocycles. The molecule has 87 heavy (non-hydrogen) atoms. The van der Waals surface area contributed by atoms with Gasteiger partial charge in [-0.2, -0.15) is 0 Å². The highest BCUT2D eigenvalue weighted by Crippen LogP contribution is 2.26. The van der Waals surface area contributed by atoms with Gasteiger partial charge in [-0.1, -0.05) is 55.1 Å². The number of ether oxygens (including phenoxy) is 14. The number of hydrogen-bond donors (Lipinski definition) is 1. The second-order valence-electron chi connectivity index (χ2n) is 18.2. The largest absolute Gasteiger partial charge is 0.508 e. The number of phenolic OH excluding ortho intramolecular Hbond substituents is 1. The van der Waals surface area contributed by atoms with Crippen LogP contribution in [0.15, 0.2) is 158 Å². The number of phenols is 1. The molecule has 0 saturated heterocycles. The van der Waals surface area contributed by atoms with Crippen molar-refractivity contribution in [2.75, 3.05) is 119 Å². The first-order chi connectivity index (χ1) is 42.4. The maximum Gasteiger partial charge on any atom is 0.343 e. The van der Waals surface area contributed by atoms with Gasteiger partial charge in [0, 0.05) is 6.08 Å². The smallest absolute Gasteiger partial charge is 0.343 e. The lowest BCUT2D eigenvalue weighted by Gasteiger charge is -2.09. The van der Waals surface area contributed by atoms with Gasteiger partial charge in [-0.05, 0) is 119 Å². The number of hydrogen-bond acceptors (Lipinski definition) is 22. The summed E-state index contributed by atoms with van der Waals surface area (Å²) >= 11 is 0. The zero-order valence-corrected chi connectivity index (χ0v) is 47.8. The summed E-state index contributed by atoms with van der Waals surface area (Å²) in [6, 6.07) is 39.7. The number of rotatable bonds is 40. The lowest BCUT2D eigenvalue weighted by molar-refractivity contribution is -0.152. The molecule has 0 saturated carbocycles. The molecular formula is C65H68O22. The quantitative estimate of drug-likeness (QED) is 0.0125. The third-order valence-electron chi connectivity index (χ3n) is 11.9. The average molecular weight is 1200 g/mol. The van der Waals surface area contributed by atoms with Crippen molar-refractivity contribution in [2.24, 2.45) is 0 Å². The van der Waals surface area contributed by atoms with Crippen LogP contribution >= 0.6 is 0 Å². The second kappa shape index (κ2) is 38.6. The van der Waals surface area contributed by atoms with Crippen LogP contribution in [-0.4, -0.2) is 166 Å². The van der Waals surface area contributed by atoms with Crippen molar-refractivity contribution in [3.05, 3.63) is 181 Å². The van der Waals surface area contributed by atoms with Crippen molar-refractivity contribution in [1.82, 2.24) is 0 Å². The molecule has 0 radical (unpaired) electrons. The van der Waals surface area contributed by atoms with Gasteiger partial charge in [0.25, 0.3) is 0 Å². The Bertz CT molecular complexity index is 3070. The lowest BCUT2D eigenvalue weighted by atomic mass is 10.0. The van der Waals surface area contributed by atoms with E-state index in [1.54, 1.807) is 121 Å². The van der Waals surface area contributed by atoms with Crippen LogP contribution in [0.5, 0.6) is 23.0 Å². The van der Waals surface area contributed by atoms with Gasteiger partial charge in [-0.15, -0.1) is 0 Å². The van der Waals surface area contributed by atoms with Crippen LogP contribution in [0.25, 0.3) is 22.3 Å². The van der Waals surface area contributed by atoms with Gasteiger partial charge in [0.05, 0.1) is 114 Å². The number of esters is 7. The van der Waals surface area contributed by atoms with Crippen molar-refractivity contribution in [3.8, 4) is 45.3 Å². The summed E-state index contributed by atoms with van der Waals surface area (Å²) in [7, 11) is 0. The Morgan fingerprint density at radius 3 is 0.966 bits per heavy atom. The van der Waals surface area contributed by atoms with E-state index in [4.69, 9.17) is 66.3 Å². The Hall–Kier alpha value is -9.29. The molecule has 0 aliphatic carbocycles.